The van der Waals surface area contributed by atoms with Crippen molar-refractivity contribution in [2.45, 2.75) is 50.0 Å². The van der Waals surface area contributed by atoms with Crippen LogP contribution < -0.4 is 10.0 Å². The predicted molar refractivity (Wildman–Crippen MR) is 77.8 cm³/mol. The van der Waals surface area contributed by atoms with Crippen LogP contribution >= 0.6 is 0 Å². The minimum absolute atomic E-state index is 0.0812. The number of para-hydroxylation sites is 1. The molecular formula is C14H22N2O2S. The third-order valence-electron chi connectivity index (χ3n) is 3.90. The van der Waals surface area contributed by atoms with Crippen molar-refractivity contribution in [3.63, 3.8) is 0 Å². The highest BCUT2D eigenvalue weighted by atomic mass is 32.2. The van der Waals surface area contributed by atoms with Gasteiger partial charge in [-0.2, -0.15) is 0 Å². The van der Waals surface area contributed by atoms with E-state index in [4.69, 9.17) is 0 Å². The number of anilines is 1. The number of rotatable bonds is 6. The summed E-state index contributed by atoms with van der Waals surface area (Å²) in [6.07, 6.45) is 4.45. The van der Waals surface area contributed by atoms with Gasteiger partial charge in [-0.25, -0.2) is 13.1 Å². The summed E-state index contributed by atoms with van der Waals surface area (Å²) in [6, 6.07) is 7.13. The first kappa shape index (κ1) is 14.3. The Bertz CT molecular complexity index is 531. The molecule has 1 fully saturated rings. The Morgan fingerprint density at radius 1 is 1.21 bits per heavy atom. The van der Waals surface area contributed by atoms with E-state index in [9.17, 15) is 8.42 Å². The quantitative estimate of drug-likeness (QED) is 0.843. The zero-order valence-corrected chi connectivity index (χ0v) is 12.4. The highest BCUT2D eigenvalue weighted by Crippen LogP contribution is 2.39. The maximum atomic E-state index is 12.2. The topological polar surface area (TPSA) is 58.2 Å². The molecule has 0 saturated heterocycles. The maximum Gasteiger partial charge on any atom is 0.242 e. The second-order valence-corrected chi connectivity index (χ2v) is 6.85. The van der Waals surface area contributed by atoms with E-state index in [1.807, 2.05) is 12.1 Å². The largest absolute Gasteiger partial charge is 0.379 e. The van der Waals surface area contributed by atoms with Gasteiger partial charge in [0.1, 0.15) is 4.90 Å². The van der Waals surface area contributed by atoms with Gasteiger partial charge in [0.25, 0.3) is 0 Å². The summed E-state index contributed by atoms with van der Waals surface area (Å²) in [7, 11) is -3.42. The van der Waals surface area contributed by atoms with Crippen LogP contribution in [0.15, 0.2) is 29.2 Å². The molecule has 19 heavy (non-hydrogen) atoms. The summed E-state index contributed by atoms with van der Waals surface area (Å²) in [5.41, 5.74) is 0.794. The Labute approximate surface area is 115 Å². The molecular weight excluding hydrogens is 260 g/mol. The minimum Gasteiger partial charge on any atom is -0.379 e. The second kappa shape index (κ2) is 5.51. The van der Waals surface area contributed by atoms with Crippen molar-refractivity contribution < 1.29 is 8.42 Å². The third kappa shape index (κ3) is 2.92. The van der Waals surface area contributed by atoms with Crippen LogP contribution in [0.1, 0.15) is 39.5 Å². The predicted octanol–water partition coefficient (Wildman–Crippen LogP) is 2.73. The highest BCUT2D eigenvalue weighted by Gasteiger charge is 2.35. The van der Waals surface area contributed by atoms with Crippen LogP contribution in [0.2, 0.25) is 0 Å². The maximum absolute atomic E-state index is 12.2. The first-order valence-corrected chi connectivity index (χ1v) is 8.38. The van der Waals surface area contributed by atoms with E-state index < -0.39 is 10.0 Å². The Kier molecular flexibility index (Phi) is 4.16. The molecule has 0 amide bonds. The molecule has 0 unspecified atom stereocenters. The lowest BCUT2D eigenvalue weighted by Gasteiger charge is -2.43. The van der Waals surface area contributed by atoms with Gasteiger partial charge in [-0.15, -0.1) is 0 Å². The molecule has 2 rings (SSSR count). The van der Waals surface area contributed by atoms with Crippen molar-refractivity contribution in [1.82, 2.24) is 4.72 Å². The van der Waals surface area contributed by atoms with Crippen LogP contribution in [0.5, 0.6) is 0 Å². The van der Waals surface area contributed by atoms with E-state index >= 15 is 0 Å². The van der Waals surface area contributed by atoms with Crippen LogP contribution in [0.25, 0.3) is 0 Å². The van der Waals surface area contributed by atoms with E-state index in [-0.39, 0.29) is 5.54 Å². The summed E-state index contributed by atoms with van der Waals surface area (Å²) >= 11 is 0. The SMILES string of the molecule is CCNS(=O)(=O)c1ccccc1NC1(CC)CCC1. The molecule has 0 aromatic heterocycles. The van der Waals surface area contributed by atoms with Gasteiger partial charge in [0.05, 0.1) is 5.69 Å². The summed E-state index contributed by atoms with van der Waals surface area (Å²) in [4.78, 5) is 0.344. The van der Waals surface area contributed by atoms with Gasteiger partial charge in [0, 0.05) is 12.1 Å². The summed E-state index contributed by atoms with van der Waals surface area (Å²) in [5.74, 6) is 0. The van der Waals surface area contributed by atoms with Crippen molar-refractivity contribution in [2.24, 2.45) is 0 Å². The van der Waals surface area contributed by atoms with Crippen molar-refractivity contribution in [1.29, 1.82) is 0 Å². The summed E-state index contributed by atoms with van der Waals surface area (Å²) in [6.45, 7) is 4.33. The molecule has 0 atom stereocenters. The molecule has 2 N–H and O–H groups in total. The Morgan fingerprint density at radius 2 is 1.89 bits per heavy atom. The molecule has 1 aromatic rings. The molecule has 1 aromatic carbocycles. The third-order valence-corrected chi connectivity index (χ3v) is 5.50. The van der Waals surface area contributed by atoms with Gasteiger partial charge in [0.2, 0.25) is 10.0 Å². The molecule has 0 heterocycles. The minimum atomic E-state index is -3.42. The van der Waals surface area contributed by atoms with Crippen LogP contribution in [0, 0.1) is 0 Å². The fourth-order valence-corrected chi connectivity index (χ4v) is 3.73. The molecule has 0 bridgehead atoms. The summed E-state index contributed by atoms with van der Waals surface area (Å²) in [5, 5.41) is 3.46. The number of hydrogen-bond acceptors (Lipinski definition) is 3. The fourth-order valence-electron chi connectivity index (χ4n) is 2.53. The zero-order chi connectivity index (χ0) is 13.9. The number of benzene rings is 1. The van der Waals surface area contributed by atoms with Crippen molar-refractivity contribution in [2.75, 3.05) is 11.9 Å². The smallest absolute Gasteiger partial charge is 0.242 e. The molecule has 5 heteroatoms. The van der Waals surface area contributed by atoms with Crippen LogP contribution in [0.4, 0.5) is 5.69 Å². The lowest BCUT2D eigenvalue weighted by Crippen LogP contribution is -2.44. The molecule has 4 nitrogen and oxygen atoms in total. The number of hydrogen-bond donors (Lipinski definition) is 2. The molecule has 0 aliphatic heterocycles. The first-order valence-electron chi connectivity index (χ1n) is 6.90. The van der Waals surface area contributed by atoms with Crippen molar-refractivity contribution >= 4 is 15.7 Å². The van der Waals surface area contributed by atoms with Gasteiger partial charge >= 0.3 is 0 Å². The van der Waals surface area contributed by atoms with E-state index in [0.717, 1.165) is 19.3 Å². The number of sulfonamides is 1. The van der Waals surface area contributed by atoms with Gasteiger partial charge in [0.15, 0.2) is 0 Å². The molecule has 1 saturated carbocycles. The fraction of sp³-hybridized carbons (Fsp3) is 0.571. The lowest BCUT2D eigenvalue weighted by molar-refractivity contribution is 0.269. The molecule has 106 valence electrons. The zero-order valence-electron chi connectivity index (χ0n) is 11.6. The Balaban J connectivity index is 2.31. The second-order valence-electron chi connectivity index (χ2n) is 5.11. The van der Waals surface area contributed by atoms with Crippen LogP contribution in [0.3, 0.4) is 0 Å². The van der Waals surface area contributed by atoms with Crippen molar-refractivity contribution in [3.8, 4) is 0 Å². The van der Waals surface area contributed by atoms with E-state index in [1.165, 1.54) is 6.42 Å². The lowest BCUT2D eigenvalue weighted by atomic mass is 9.74. The monoisotopic (exact) mass is 282 g/mol. The van der Waals surface area contributed by atoms with Gasteiger partial charge in [-0.3, -0.25) is 0 Å². The molecule has 1 aliphatic carbocycles. The van der Waals surface area contributed by atoms with Crippen molar-refractivity contribution in [3.05, 3.63) is 24.3 Å². The number of nitrogens with one attached hydrogen (secondary N) is 2. The van der Waals surface area contributed by atoms with Crippen LogP contribution in [-0.4, -0.2) is 20.5 Å². The Hall–Kier alpha value is -1.07. The molecule has 1 aliphatic rings. The molecule has 0 spiro atoms. The van der Waals surface area contributed by atoms with E-state index in [0.29, 0.717) is 17.1 Å². The van der Waals surface area contributed by atoms with Gasteiger partial charge in [-0.1, -0.05) is 26.0 Å². The average Bonchev–Trinajstić information content (AvgIpc) is 2.34. The van der Waals surface area contributed by atoms with E-state index in [2.05, 4.69) is 17.0 Å². The summed E-state index contributed by atoms with van der Waals surface area (Å²) < 4.78 is 26.9. The molecule has 0 radical (unpaired) electrons. The van der Waals surface area contributed by atoms with Gasteiger partial charge in [-0.05, 0) is 37.8 Å². The first-order chi connectivity index (χ1) is 9.03. The highest BCUT2D eigenvalue weighted by molar-refractivity contribution is 7.89. The standard InChI is InChI=1S/C14H22N2O2S/c1-3-14(10-7-11-14)16-12-8-5-6-9-13(12)19(17,18)15-4-2/h5-6,8-9,15-16H,3-4,7,10-11H2,1-2H3. The Morgan fingerprint density at radius 3 is 2.42 bits per heavy atom. The normalized spacial score (nSPS) is 17.8. The van der Waals surface area contributed by atoms with Crippen LogP contribution in [-0.2, 0) is 10.0 Å². The average molecular weight is 282 g/mol. The van der Waals surface area contributed by atoms with Gasteiger partial charge < -0.3 is 5.32 Å². The van der Waals surface area contributed by atoms with E-state index in [1.54, 1.807) is 19.1 Å².